The van der Waals surface area contributed by atoms with Gasteiger partial charge >= 0.3 is 5.97 Å². The number of aliphatic carboxylic acids is 1. The average Bonchev–Trinajstić information content (AvgIpc) is 1.59. The maximum atomic E-state index is 10.0. The second-order valence-corrected chi connectivity index (χ2v) is 2.32. The van der Waals surface area contributed by atoms with Crippen LogP contribution in [0.15, 0.2) is 0 Å². The molecule has 1 fully saturated rings. The minimum absolute atomic E-state index is 0.183. The summed E-state index contributed by atoms with van der Waals surface area (Å²) in [6, 6.07) is 0. The zero-order chi connectivity index (χ0) is 7.07. The molecule has 0 radical (unpaired) electrons. The van der Waals surface area contributed by atoms with Crippen LogP contribution in [0.5, 0.6) is 0 Å². The zero-order valence-corrected chi connectivity index (χ0v) is 5.00. The van der Waals surface area contributed by atoms with E-state index in [1.54, 1.807) is 0 Å². The Morgan fingerprint density at radius 2 is 2.33 bits per heavy atom. The van der Waals surface area contributed by atoms with Crippen LogP contribution in [-0.4, -0.2) is 28.1 Å². The summed E-state index contributed by atoms with van der Waals surface area (Å²) in [4.78, 5) is 10.0. The molecule has 52 valence electrons. The Balaban J connectivity index is 2.35. The summed E-state index contributed by atoms with van der Waals surface area (Å²) in [5, 5.41) is 17.1. The highest BCUT2D eigenvalue weighted by molar-refractivity contribution is 5.73. The van der Waals surface area contributed by atoms with Crippen LogP contribution in [-0.2, 0) is 9.53 Å². The van der Waals surface area contributed by atoms with Crippen LogP contribution in [0.3, 0.4) is 0 Å². The van der Waals surface area contributed by atoms with Crippen molar-refractivity contribution in [3.63, 3.8) is 0 Å². The Bertz CT molecular complexity index is 132. The molecule has 4 nitrogen and oxygen atoms in total. The Morgan fingerprint density at radius 1 is 1.89 bits per heavy atom. The van der Waals surface area contributed by atoms with Crippen LogP contribution in [0, 0.1) is 0 Å². The SMILES string of the molecule is CC1(O)CC(C(=O)O)O1. The fourth-order valence-electron chi connectivity index (χ4n) is 0.779. The van der Waals surface area contributed by atoms with Crippen molar-refractivity contribution in [1.29, 1.82) is 0 Å². The van der Waals surface area contributed by atoms with E-state index < -0.39 is 17.9 Å². The highest BCUT2D eigenvalue weighted by Crippen LogP contribution is 2.29. The third-order valence-corrected chi connectivity index (χ3v) is 1.24. The summed E-state index contributed by atoms with van der Waals surface area (Å²) >= 11 is 0. The highest BCUT2D eigenvalue weighted by atomic mass is 16.7. The fourth-order valence-corrected chi connectivity index (χ4v) is 0.779. The molecular weight excluding hydrogens is 124 g/mol. The van der Waals surface area contributed by atoms with Gasteiger partial charge in [0.05, 0.1) is 0 Å². The van der Waals surface area contributed by atoms with Crippen molar-refractivity contribution in [3.8, 4) is 0 Å². The molecule has 4 heteroatoms. The second-order valence-electron chi connectivity index (χ2n) is 2.32. The lowest BCUT2D eigenvalue weighted by atomic mass is 10.0. The lowest BCUT2D eigenvalue weighted by molar-refractivity contribution is -0.305. The number of carbonyl (C=O) groups is 1. The monoisotopic (exact) mass is 132 g/mol. The van der Waals surface area contributed by atoms with E-state index in [-0.39, 0.29) is 6.42 Å². The van der Waals surface area contributed by atoms with E-state index in [1.807, 2.05) is 0 Å². The van der Waals surface area contributed by atoms with Crippen molar-refractivity contribution in [1.82, 2.24) is 0 Å². The quantitative estimate of drug-likeness (QED) is 0.508. The first-order valence-electron chi connectivity index (χ1n) is 2.64. The standard InChI is InChI=1S/C5H8O4/c1-5(8)2-3(9-5)4(6)7/h3,8H,2H2,1H3,(H,6,7). The second kappa shape index (κ2) is 1.68. The van der Waals surface area contributed by atoms with Crippen LogP contribution >= 0.6 is 0 Å². The van der Waals surface area contributed by atoms with E-state index in [0.717, 1.165) is 0 Å². The molecule has 0 aromatic heterocycles. The molecule has 1 aliphatic rings. The third kappa shape index (κ3) is 1.20. The van der Waals surface area contributed by atoms with Gasteiger partial charge in [-0.05, 0) is 6.92 Å². The summed E-state index contributed by atoms with van der Waals surface area (Å²) < 4.78 is 4.54. The molecule has 0 aromatic carbocycles. The summed E-state index contributed by atoms with van der Waals surface area (Å²) in [6.07, 6.45) is -0.623. The van der Waals surface area contributed by atoms with Gasteiger partial charge in [0.15, 0.2) is 11.9 Å². The number of carboxylic acids is 1. The Labute approximate surface area is 52.1 Å². The molecule has 2 unspecified atom stereocenters. The van der Waals surface area contributed by atoms with E-state index in [9.17, 15) is 4.79 Å². The lowest BCUT2D eigenvalue weighted by Crippen LogP contribution is -2.51. The van der Waals surface area contributed by atoms with Crippen molar-refractivity contribution < 1.29 is 19.7 Å². The molecule has 0 aromatic rings. The molecule has 0 bridgehead atoms. The van der Waals surface area contributed by atoms with E-state index >= 15 is 0 Å². The maximum Gasteiger partial charge on any atom is 0.333 e. The molecule has 2 atom stereocenters. The smallest absolute Gasteiger partial charge is 0.333 e. The predicted octanol–water partition coefficient (Wildman–Crippen LogP) is -0.432. The van der Waals surface area contributed by atoms with Gasteiger partial charge in [0, 0.05) is 6.42 Å². The number of carboxylic acid groups (broad SMARTS) is 1. The van der Waals surface area contributed by atoms with Crippen LogP contribution in [0.25, 0.3) is 0 Å². The lowest BCUT2D eigenvalue weighted by Gasteiger charge is -2.38. The Morgan fingerprint density at radius 3 is 2.44 bits per heavy atom. The van der Waals surface area contributed by atoms with Gasteiger partial charge in [-0.1, -0.05) is 0 Å². The Kier molecular flexibility index (Phi) is 1.22. The minimum Gasteiger partial charge on any atom is -0.479 e. The molecule has 0 spiro atoms. The number of hydrogen-bond donors (Lipinski definition) is 2. The summed E-state index contributed by atoms with van der Waals surface area (Å²) in [5.41, 5.74) is 0. The first kappa shape index (κ1) is 6.51. The van der Waals surface area contributed by atoms with E-state index in [4.69, 9.17) is 10.2 Å². The maximum absolute atomic E-state index is 10.0. The van der Waals surface area contributed by atoms with Gasteiger partial charge in [-0.15, -0.1) is 0 Å². The van der Waals surface area contributed by atoms with Crippen LogP contribution in [0.2, 0.25) is 0 Å². The molecule has 1 heterocycles. The number of ether oxygens (including phenoxy) is 1. The van der Waals surface area contributed by atoms with E-state index in [2.05, 4.69) is 4.74 Å². The van der Waals surface area contributed by atoms with Gasteiger partial charge in [-0.2, -0.15) is 0 Å². The van der Waals surface area contributed by atoms with Crippen molar-refractivity contribution in [2.75, 3.05) is 0 Å². The molecule has 1 rings (SSSR count). The van der Waals surface area contributed by atoms with Gasteiger partial charge in [0.2, 0.25) is 0 Å². The van der Waals surface area contributed by atoms with Crippen LogP contribution in [0.4, 0.5) is 0 Å². The average molecular weight is 132 g/mol. The van der Waals surface area contributed by atoms with Crippen molar-refractivity contribution in [3.05, 3.63) is 0 Å². The molecular formula is C5H8O4. The molecule has 0 amide bonds. The fraction of sp³-hybridized carbons (Fsp3) is 0.800. The zero-order valence-electron chi connectivity index (χ0n) is 5.00. The van der Waals surface area contributed by atoms with Gasteiger partial charge in [0.25, 0.3) is 0 Å². The molecule has 0 saturated carbocycles. The minimum atomic E-state index is -1.21. The normalized spacial score (nSPS) is 41.8. The predicted molar refractivity (Wildman–Crippen MR) is 27.7 cm³/mol. The van der Waals surface area contributed by atoms with Gasteiger partial charge in [0.1, 0.15) is 0 Å². The number of hydrogen-bond acceptors (Lipinski definition) is 3. The van der Waals surface area contributed by atoms with Crippen molar-refractivity contribution >= 4 is 5.97 Å². The van der Waals surface area contributed by atoms with Crippen molar-refractivity contribution in [2.24, 2.45) is 0 Å². The molecule has 0 aliphatic carbocycles. The summed E-state index contributed by atoms with van der Waals surface area (Å²) in [5.74, 6) is -2.22. The van der Waals surface area contributed by atoms with Crippen LogP contribution < -0.4 is 0 Å². The number of rotatable bonds is 1. The molecule has 1 aliphatic heterocycles. The van der Waals surface area contributed by atoms with Gasteiger partial charge in [-0.3, -0.25) is 0 Å². The summed E-state index contributed by atoms with van der Waals surface area (Å²) in [7, 11) is 0. The topological polar surface area (TPSA) is 66.8 Å². The molecule has 9 heavy (non-hydrogen) atoms. The van der Waals surface area contributed by atoms with Gasteiger partial charge in [-0.25, -0.2) is 4.79 Å². The molecule has 1 saturated heterocycles. The first-order valence-corrected chi connectivity index (χ1v) is 2.64. The van der Waals surface area contributed by atoms with E-state index in [1.165, 1.54) is 6.92 Å². The van der Waals surface area contributed by atoms with Crippen LogP contribution in [0.1, 0.15) is 13.3 Å². The largest absolute Gasteiger partial charge is 0.479 e. The third-order valence-electron chi connectivity index (χ3n) is 1.24. The molecule has 2 N–H and O–H groups in total. The summed E-state index contributed by atoms with van der Waals surface area (Å²) in [6.45, 7) is 1.44. The van der Waals surface area contributed by atoms with Gasteiger partial charge < -0.3 is 14.9 Å². The van der Waals surface area contributed by atoms with E-state index in [0.29, 0.717) is 0 Å². The number of aliphatic hydroxyl groups is 1. The highest BCUT2D eigenvalue weighted by Gasteiger charge is 2.43. The Hall–Kier alpha value is -0.610. The van der Waals surface area contributed by atoms with Crippen molar-refractivity contribution in [2.45, 2.75) is 25.2 Å². The first-order chi connectivity index (χ1) is 4.01.